The first-order chi connectivity index (χ1) is 14.6. The van der Waals surface area contributed by atoms with Crippen LogP contribution in [0.4, 0.5) is 0 Å². The van der Waals surface area contributed by atoms with E-state index in [1.165, 1.54) is 0 Å². The summed E-state index contributed by atoms with van der Waals surface area (Å²) in [4.78, 5) is 24.2. The molecule has 2 amide bonds. The van der Waals surface area contributed by atoms with E-state index in [0.717, 1.165) is 25.0 Å². The van der Waals surface area contributed by atoms with Crippen LogP contribution in [0.25, 0.3) is 0 Å². The van der Waals surface area contributed by atoms with Gasteiger partial charge in [0.05, 0.1) is 5.56 Å². The van der Waals surface area contributed by atoms with Crippen LogP contribution in [0.5, 0.6) is 11.5 Å². The van der Waals surface area contributed by atoms with Crippen molar-refractivity contribution in [1.82, 2.24) is 16.2 Å². The lowest BCUT2D eigenvalue weighted by atomic mass is 10.2. The smallest absolute Gasteiger partial charge is 0.261 e. The first kappa shape index (κ1) is 23.2. The molecular formula is C22H27N3O4S. The number of amides is 2. The second-order valence-corrected chi connectivity index (χ2v) is 6.83. The normalized spacial score (nSPS) is 10.0. The van der Waals surface area contributed by atoms with Gasteiger partial charge in [-0.05, 0) is 42.9 Å². The summed E-state index contributed by atoms with van der Waals surface area (Å²) in [6.45, 7) is 2.68. The zero-order chi connectivity index (χ0) is 21.6. The van der Waals surface area contributed by atoms with Crippen molar-refractivity contribution in [3.8, 4) is 11.5 Å². The van der Waals surface area contributed by atoms with Crippen molar-refractivity contribution >= 4 is 29.1 Å². The zero-order valence-corrected chi connectivity index (χ0v) is 17.8. The number of unbranched alkanes of at least 4 members (excludes halogenated alkanes) is 2. The number of nitrogens with one attached hydrogen (secondary N) is 3. The largest absolute Gasteiger partial charge is 0.490 e. The van der Waals surface area contributed by atoms with E-state index in [1.807, 2.05) is 30.3 Å². The van der Waals surface area contributed by atoms with Crippen LogP contribution < -0.4 is 25.6 Å². The number of rotatable bonds is 10. The predicted octanol–water partition coefficient (Wildman–Crippen LogP) is 3.36. The standard InChI is InChI=1S/C22H27N3O4S/c1-2-3-5-14-20(26)24-25-22(30)23-21(27)18-12-8-9-13-19(18)29-16-15-28-17-10-6-4-7-11-17/h4,6-13H,2-3,5,14-16H2,1H3,(H,24,26)(H2,23,25,27,30). The highest BCUT2D eigenvalue weighted by Gasteiger charge is 2.14. The van der Waals surface area contributed by atoms with Crippen molar-refractivity contribution in [1.29, 1.82) is 0 Å². The second-order valence-electron chi connectivity index (χ2n) is 6.42. The summed E-state index contributed by atoms with van der Waals surface area (Å²) >= 11 is 5.07. The van der Waals surface area contributed by atoms with E-state index >= 15 is 0 Å². The van der Waals surface area contributed by atoms with Crippen LogP contribution in [0.15, 0.2) is 54.6 Å². The SMILES string of the molecule is CCCCCC(=O)NNC(=S)NC(=O)c1ccccc1OCCOc1ccccc1. The number of thiocarbonyl (C=S) groups is 1. The Morgan fingerprint density at radius 3 is 2.37 bits per heavy atom. The zero-order valence-electron chi connectivity index (χ0n) is 17.0. The minimum atomic E-state index is -0.438. The molecule has 0 heterocycles. The molecule has 0 spiro atoms. The van der Waals surface area contributed by atoms with Gasteiger partial charge in [0.1, 0.15) is 24.7 Å². The Bertz CT molecular complexity index is 830. The molecule has 2 aromatic carbocycles. The monoisotopic (exact) mass is 429 g/mol. The molecule has 2 aromatic rings. The fourth-order valence-corrected chi connectivity index (χ4v) is 2.68. The number of ether oxygens (including phenoxy) is 2. The van der Waals surface area contributed by atoms with Crippen LogP contribution in [-0.4, -0.2) is 30.1 Å². The van der Waals surface area contributed by atoms with Crippen molar-refractivity contribution in [3.63, 3.8) is 0 Å². The molecule has 0 radical (unpaired) electrons. The Morgan fingerprint density at radius 1 is 0.900 bits per heavy atom. The number of benzene rings is 2. The Balaban J connectivity index is 1.78. The number of carbonyl (C=O) groups is 2. The fourth-order valence-electron chi connectivity index (χ4n) is 2.53. The van der Waals surface area contributed by atoms with E-state index in [0.29, 0.717) is 24.3 Å². The van der Waals surface area contributed by atoms with Crippen LogP contribution in [0.1, 0.15) is 43.0 Å². The van der Waals surface area contributed by atoms with Crippen LogP contribution in [0.2, 0.25) is 0 Å². The van der Waals surface area contributed by atoms with E-state index in [2.05, 4.69) is 23.1 Å². The van der Waals surface area contributed by atoms with Gasteiger partial charge in [-0.2, -0.15) is 0 Å². The van der Waals surface area contributed by atoms with Gasteiger partial charge in [-0.25, -0.2) is 0 Å². The molecule has 0 bridgehead atoms. The molecule has 0 unspecified atom stereocenters. The third-order valence-electron chi connectivity index (χ3n) is 4.03. The van der Waals surface area contributed by atoms with Gasteiger partial charge in [0, 0.05) is 6.42 Å². The van der Waals surface area contributed by atoms with E-state index in [-0.39, 0.29) is 17.6 Å². The Hall–Kier alpha value is -3.13. The van der Waals surface area contributed by atoms with Crippen molar-refractivity contribution in [2.45, 2.75) is 32.6 Å². The van der Waals surface area contributed by atoms with E-state index in [9.17, 15) is 9.59 Å². The minimum Gasteiger partial charge on any atom is -0.490 e. The van der Waals surface area contributed by atoms with Gasteiger partial charge in [-0.3, -0.25) is 25.8 Å². The lowest BCUT2D eigenvalue weighted by Crippen LogP contribution is -2.48. The number of carbonyl (C=O) groups excluding carboxylic acids is 2. The fraction of sp³-hybridized carbons (Fsp3) is 0.318. The molecule has 160 valence electrons. The summed E-state index contributed by atoms with van der Waals surface area (Å²) in [5.74, 6) is 0.549. The number of hydrogen-bond donors (Lipinski definition) is 3. The third-order valence-corrected chi connectivity index (χ3v) is 4.24. The summed E-state index contributed by atoms with van der Waals surface area (Å²) in [6.07, 6.45) is 3.23. The van der Waals surface area contributed by atoms with Gasteiger partial charge >= 0.3 is 0 Å². The lowest BCUT2D eigenvalue weighted by Gasteiger charge is -2.14. The molecule has 2 rings (SSSR count). The molecule has 0 aliphatic carbocycles. The highest BCUT2D eigenvalue weighted by atomic mass is 32.1. The van der Waals surface area contributed by atoms with Gasteiger partial charge in [0.15, 0.2) is 5.11 Å². The van der Waals surface area contributed by atoms with Gasteiger partial charge in [0.2, 0.25) is 5.91 Å². The maximum Gasteiger partial charge on any atom is 0.261 e. The van der Waals surface area contributed by atoms with Gasteiger partial charge < -0.3 is 9.47 Å². The van der Waals surface area contributed by atoms with Gasteiger partial charge in [-0.15, -0.1) is 0 Å². The molecule has 0 aliphatic heterocycles. The molecule has 0 saturated heterocycles. The average molecular weight is 430 g/mol. The maximum atomic E-state index is 12.5. The first-order valence-electron chi connectivity index (χ1n) is 9.90. The Kier molecular flexibility index (Phi) is 10.2. The molecule has 0 saturated carbocycles. The second kappa shape index (κ2) is 13.2. The maximum absolute atomic E-state index is 12.5. The summed E-state index contributed by atoms with van der Waals surface area (Å²) in [6, 6.07) is 16.2. The summed E-state index contributed by atoms with van der Waals surface area (Å²) in [5, 5.41) is 2.54. The number of hydrazine groups is 1. The van der Waals surface area contributed by atoms with Crippen molar-refractivity contribution in [2.75, 3.05) is 13.2 Å². The number of para-hydroxylation sites is 2. The van der Waals surface area contributed by atoms with Crippen LogP contribution in [0.3, 0.4) is 0 Å². The topological polar surface area (TPSA) is 88.7 Å². The third kappa shape index (κ3) is 8.48. The average Bonchev–Trinajstić information content (AvgIpc) is 2.76. The highest BCUT2D eigenvalue weighted by molar-refractivity contribution is 7.80. The predicted molar refractivity (Wildman–Crippen MR) is 119 cm³/mol. The summed E-state index contributed by atoms with van der Waals surface area (Å²) < 4.78 is 11.3. The highest BCUT2D eigenvalue weighted by Crippen LogP contribution is 2.18. The molecule has 0 fully saturated rings. The molecule has 0 atom stereocenters. The molecule has 0 aromatic heterocycles. The van der Waals surface area contributed by atoms with Crippen LogP contribution in [0, 0.1) is 0 Å². The molecule has 7 nitrogen and oxygen atoms in total. The van der Waals surface area contributed by atoms with Crippen molar-refractivity contribution in [2.24, 2.45) is 0 Å². The Labute approximate surface area is 182 Å². The van der Waals surface area contributed by atoms with Gasteiger partial charge in [-0.1, -0.05) is 50.1 Å². The molecule has 0 aliphatic rings. The van der Waals surface area contributed by atoms with Crippen LogP contribution >= 0.6 is 12.2 Å². The summed E-state index contributed by atoms with van der Waals surface area (Å²) in [5.41, 5.74) is 5.35. The molecular weight excluding hydrogens is 402 g/mol. The number of hydrogen-bond acceptors (Lipinski definition) is 5. The van der Waals surface area contributed by atoms with Crippen LogP contribution in [-0.2, 0) is 4.79 Å². The van der Waals surface area contributed by atoms with Gasteiger partial charge in [0.25, 0.3) is 5.91 Å². The van der Waals surface area contributed by atoms with E-state index in [1.54, 1.807) is 24.3 Å². The molecule has 30 heavy (non-hydrogen) atoms. The molecule has 3 N–H and O–H groups in total. The molecule has 8 heteroatoms. The lowest BCUT2D eigenvalue weighted by molar-refractivity contribution is -0.121. The van der Waals surface area contributed by atoms with E-state index in [4.69, 9.17) is 21.7 Å². The quantitative estimate of drug-likeness (QED) is 0.305. The van der Waals surface area contributed by atoms with E-state index < -0.39 is 5.91 Å². The van der Waals surface area contributed by atoms with Crippen molar-refractivity contribution in [3.05, 3.63) is 60.2 Å². The Morgan fingerprint density at radius 2 is 1.60 bits per heavy atom. The summed E-state index contributed by atoms with van der Waals surface area (Å²) in [7, 11) is 0. The first-order valence-corrected chi connectivity index (χ1v) is 10.3. The van der Waals surface area contributed by atoms with Crippen molar-refractivity contribution < 1.29 is 19.1 Å². The minimum absolute atomic E-state index is 0.00561.